The van der Waals surface area contributed by atoms with Gasteiger partial charge in [-0.25, -0.2) is 9.18 Å². The number of benzene rings is 1. The molecule has 0 aromatic heterocycles. The van der Waals surface area contributed by atoms with E-state index in [0.29, 0.717) is 0 Å². The monoisotopic (exact) mass is 230 g/mol. The van der Waals surface area contributed by atoms with Crippen molar-refractivity contribution in [1.82, 2.24) is 0 Å². The molecule has 1 N–H and O–H groups in total. The van der Waals surface area contributed by atoms with Gasteiger partial charge in [0.05, 0.1) is 14.2 Å². The maximum atomic E-state index is 13.3. The van der Waals surface area contributed by atoms with Crippen molar-refractivity contribution in [1.29, 1.82) is 0 Å². The molecule has 0 radical (unpaired) electrons. The molecule has 0 fully saturated rings. The maximum absolute atomic E-state index is 13.3. The number of ether oxygens (including phenoxy) is 3. The van der Waals surface area contributed by atoms with E-state index in [2.05, 4.69) is 0 Å². The van der Waals surface area contributed by atoms with Crippen molar-refractivity contribution in [2.45, 2.75) is 0 Å². The van der Waals surface area contributed by atoms with Gasteiger partial charge in [-0.05, 0) is 12.1 Å². The number of hydrogen-bond donors (Lipinski definition) is 1. The van der Waals surface area contributed by atoms with Crippen LogP contribution in [-0.2, 0) is 4.79 Å². The summed E-state index contributed by atoms with van der Waals surface area (Å²) in [5.74, 6) is -1.86. The molecule has 0 saturated carbocycles. The molecule has 1 rings (SSSR count). The van der Waals surface area contributed by atoms with Crippen LogP contribution in [0, 0.1) is 5.82 Å². The third-order valence-corrected chi connectivity index (χ3v) is 1.79. The van der Waals surface area contributed by atoms with Crippen LogP contribution < -0.4 is 14.2 Å². The van der Waals surface area contributed by atoms with Crippen LogP contribution in [0.3, 0.4) is 0 Å². The topological polar surface area (TPSA) is 65.0 Å². The van der Waals surface area contributed by atoms with Crippen molar-refractivity contribution >= 4 is 5.97 Å². The van der Waals surface area contributed by atoms with Gasteiger partial charge in [0.15, 0.2) is 18.2 Å². The van der Waals surface area contributed by atoms with Crippen LogP contribution in [0.4, 0.5) is 4.39 Å². The van der Waals surface area contributed by atoms with Crippen LogP contribution in [0.1, 0.15) is 0 Å². The molecular formula is C10H11FO5. The second kappa shape index (κ2) is 5.20. The lowest BCUT2D eigenvalue weighted by Gasteiger charge is -2.13. The van der Waals surface area contributed by atoms with E-state index in [4.69, 9.17) is 19.3 Å². The molecule has 16 heavy (non-hydrogen) atoms. The molecule has 0 unspecified atom stereocenters. The minimum Gasteiger partial charge on any atom is -0.493 e. The van der Waals surface area contributed by atoms with Gasteiger partial charge in [-0.2, -0.15) is 0 Å². The molecule has 6 heteroatoms. The zero-order valence-corrected chi connectivity index (χ0v) is 8.82. The van der Waals surface area contributed by atoms with Gasteiger partial charge in [-0.1, -0.05) is 0 Å². The van der Waals surface area contributed by atoms with Gasteiger partial charge in [0.1, 0.15) is 0 Å². The first-order valence-corrected chi connectivity index (χ1v) is 4.35. The first-order chi connectivity index (χ1) is 7.60. The van der Waals surface area contributed by atoms with E-state index in [1.54, 1.807) is 0 Å². The Balaban J connectivity index is 3.09. The quantitative estimate of drug-likeness (QED) is 0.826. The average molecular weight is 230 g/mol. The zero-order chi connectivity index (χ0) is 12.1. The second-order valence-electron chi connectivity index (χ2n) is 2.79. The maximum Gasteiger partial charge on any atom is 0.341 e. The fraction of sp³-hybridized carbons (Fsp3) is 0.300. The van der Waals surface area contributed by atoms with E-state index in [1.807, 2.05) is 0 Å². The minimum absolute atomic E-state index is 0.0626. The summed E-state index contributed by atoms with van der Waals surface area (Å²) in [6.45, 7) is -0.601. The van der Waals surface area contributed by atoms with Crippen molar-refractivity contribution in [2.75, 3.05) is 20.8 Å². The van der Waals surface area contributed by atoms with Crippen molar-refractivity contribution in [3.05, 3.63) is 17.9 Å². The van der Waals surface area contributed by atoms with Gasteiger partial charge in [0, 0.05) is 0 Å². The van der Waals surface area contributed by atoms with Crippen LogP contribution in [0.2, 0.25) is 0 Å². The highest BCUT2D eigenvalue weighted by Gasteiger charge is 2.17. The predicted octanol–water partition coefficient (Wildman–Crippen LogP) is 1.31. The number of halogens is 1. The number of carboxylic acid groups (broad SMARTS) is 1. The fourth-order valence-electron chi connectivity index (χ4n) is 1.14. The summed E-state index contributed by atoms with van der Waals surface area (Å²) >= 11 is 0. The van der Waals surface area contributed by atoms with Crippen LogP contribution in [0.25, 0.3) is 0 Å². The Morgan fingerprint density at radius 1 is 1.31 bits per heavy atom. The van der Waals surface area contributed by atoms with Gasteiger partial charge >= 0.3 is 5.97 Å². The molecule has 5 nitrogen and oxygen atoms in total. The van der Waals surface area contributed by atoms with E-state index in [0.717, 1.165) is 6.07 Å². The third kappa shape index (κ3) is 2.53. The molecular weight excluding hydrogens is 219 g/mol. The molecule has 0 spiro atoms. The van der Waals surface area contributed by atoms with Crippen LogP contribution in [0.15, 0.2) is 12.1 Å². The van der Waals surface area contributed by atoms with Gasteiger partial charge in [0.25, 0.3) is 0 Å². The molecule has 0 heterocycles. The Bertz CT molecular complexity index is 391. The Hall–Kier alpha value is -1.98. The number of methoxy groups -OCH3 is 2. The lowest BCUT2D eigenvalue weighted by Crippen LogP contribution is -2.11. The standard InChI is InChI=1S/C10H11FO5/c1-14-7-4-3-6(11)9(15-2)10(7)16-5-8(12)13/h3-4H,5H2,1-2H3,(H,12,13). The lowest BCUT2D eigenvalue weighted by molar-refractivity contribution is -0.139. The summed E-state index contributed by atoms with van der Waals surface area (Å²) in [5, 5.41) is 8.47. The largest absolute Gasteiger partial charge is 0.493 e. The molecule has 0 aliphatic carbocycles. The van der Waals surface area contributed by atoms with E-state index >= 15 is 0 Å². The second-order valence-corrected chi connectivity index (χ2v) is 2.79. The van der Waals surface area contributed by atoms with E-state index in [-0.39, 0.29) is 17.2 Å². The molecule has 0 bridgehead atoms. The Labute approximate surface area is 91.4 Å². The number of hydrogen-bond acceptors (Lipinski definition) is 4. The van der Waals surface area contributed by atoms with E-state index in [1.165, 1.54) is 20.3 Å². The highest BCUT2D eigenvalue weighted by Crippen LogP contribution is 2.38. The Kier molecular flexibility index (Phi) is 3.93. The molecule has 1 aromatic carbocycles. The first-order valence-electron chi connectivity index (χ1n) is 4.35. The number of aliphatic carboxylic acids is 1. The molecule has 1 aromatic rings. The summed E-state index contributed by atoms with van der Waals surface area (Å²) in [5.41, 5.74) is 0. The molecule has 88 valence electrons. The molecule has 0 aliphatic rings. The van der Waals surface area contributed by atoms with Crippen LogP contribution in [0.5, 0.6) is 17.2 Å². The van der Waals surface area contributed by atoms with E-state index in [9.17, 15) is 9.18 Å². The number of carbonyl (C=O) groups is 1. The van der Waals surface area contributed by atoms with Gasteiger partial charge in [-0.3, -0.25) is 0 Å². The molecule has 0 saturated heterocycles. The summed E-state index contributed by atoms with van der Waals surface area (Å²) < 4.78 is 27.9. The van der Waals surface area contributed by atoms with Crippen molar-refractivity contribution < 1.29 is 28.5 Å². The minimum atomic E-state index is -1.17. The van der Waals surface area contributed by atoms with Crippen molar-refractivity contribution in [3.8, 4) is 17.2 Å². The SMILES string of the molecule is COc1ccc(F)c(OC)c1OCC(=O)O. The lowest BCUT2D eigenvalue weighted by atomic mass is 10.3. The summed E-state index contributed by atoms with van der Waals surface area (Å²) in [6, 6.07) is 2.47. The number of rotatable bonds is 5. The highest BCUT2D eigenvalue weighted by atomic mass is 19.1. The number of carboxylic acids is 1. The highest BCUT2D eigenvalue weighted by molar-refractivity contribution is 5.69. The van der Waals surface area contributed by atoms with E-state index < -0.39 is 18.4 Å². The summed E-state index contributed by atoms with van der Waals surface area (Å²) in [7, 11) is 2.62. The van der Waals surface area contributed by atoms with Gasteiger partial charge < -0.3 is 19.3 Å². The fourth-order valence-corrected chi connectivity index (χ4v) is 1.14. The van der Waals surface area contributed by atoms with Crippen LogP contribution >= 0.6 is 0 Å². The zero-order valence-electron chi connectivity index (χ0n) is 8.82. The van der Waals surface area contributed by atoms with Crippen molar-refractivity contribution in [3.63, 3.8) is 0 Å². The predicted molar refractivity (Wildman–Crippen MR) is 52.6 cm³/mol. The Morgan fingerprint density at radius 3 is 2.50 bits per heavy atom. The van der Waals surface area contributed by atoms with Gasteiger partial charge in [-0.15, -0.1) is 0 Å². The summed E-state index contributed by atoms with van der Waals surface area (Å²) in [6.07, 6.45) is 0. The Morgan fingerprint density at radius 2 is 2.00 bits per heavy atom. The molecule has 0 aliphatic heterocycles. The molecule has 0 atom stereocenters. The smallest absolute Gasteiger partial charge is 0.341 e. The van der Waals surface area contributed by atoms with Crippen molar-refractivity contribution in [2.24, 2.45) is 0 Å². The van der Waals surface area contributed by atoms with Crippen LogP contribution in [-0.4, -0.2) is 31.9 Å². The summed E-state index contributed by atoms with van der Waals surface area (Å²) in [4.78, 5) is 10.4. The third-order valence-electron chi connectivity index (χ3n) is 1.79. The molecule has 0 amide bonds. The first kappa shape index (κ1) is 12.1. The van der Waals surface area contributed by atoms with Gasteiger partial charge in [0.2, 0.25) is 11.5 Å². The normalized spacial score (nSPS) is 9.69. The average Bonchev–Trinajstić information content (AvgIpc) is 2.26.